The number of rotatable bonds is 5. The van der Waals surface area contributed by atoms with Crippen LogP contribution in [0.4, 0.5) is 11.5 Å². The zero-order valence-electron chi connectivity index (χ0n) is 23.7. The molecule has 0 radical (unpaired) electrons. The van der Waals surface area contributed by atoms with Crippen molar-refractivity contribution in [3.63, 3.8) is 0 Å². The molecule has 0 aliphatic heterocycles. The zero-order valence-corrected chi connectivity index (χ0v) is 23.7. The minimum absolute atomic E-state index is 0. The van der Waals surface area contributed by atoms with Crippen LogP contribution in [0.15, 0.2) is 73.2 Å². The number of benzene rings is 2. The molecular formula is C33H47N5. The van der Waals surface area contributed by atoms with Crippen LogP contribution in [0.3, 0.4) is 0 Å². The first-order chi connectivity index (χ1) is 18.0. The minimum atomic E-state index is 0. The van der Waals surface area contributed by atoms with Gasteiger partial charge in [-0.2, -0.15) is 0 Å². The first kappa shape index (κ1) is 32.3. The molecule has 5 nitrogen and oxygen atoms in total. The van der Waals surface area contributed by atoms with Gasteiger partial charge in [0.2, 0.25) is 0 Å². The van der Waals surface area contributed by atoms with Crippen molar-refractivity contribution in [1.29, 1.82) is 0 Å². The number of hydrogen-bond donors (Lipinski definition) is 2. The fourth-order valence-electron chi connectivity index (χ4n) is 3.43. The Hall–Kier alpha value is -3.73. The molecule has 2 N–H and O–H groups in total. The summed E-state index contributed by atoms with van der Waals surface area (Å²) in [6.07, 6.45) is 7.68. The lowest BCUT2D eigenvalue weighted by atomic mass is 9.99. The molecule has 1 fully saturated rings. The number of fused-ring (bicyclic) bond motifs is 1. The molecule has 0 spiro atoms. The van der Waals surface area contributed by atoms with E-state index >= 15 is 0 Å². The molecule has 2 aromatic carbocycles. The van der Waals surface area contributed by atoms with E-state index in [1.807, 2.05) is 70.2 Å². The average Bonchev–Trinajstić information content (AvgIpc) is 2.88. The van der Waals surface area contributed by atoms with E-state index in [4.69, 9.17) is 4.98 Å². The number of anilines is 2. The number of hydrogen-bond acceptors (Lipinski definition) is 5. The fourth-order valence-corrected chi connectivity index (χ4v) is 3.43. The molecule has 1 aliphatic carbocycles. The van der Waals surface area contributed by atoms with Crippen molar-refractivity contribution in [2.45, 2.75) is 81.6 Å². The number of para-hydroxylation sites is 1. The Balaban J connectivity index is 0.000000708. The smallest absolute Gasteiger partial charge is 0.180 e. The number of pyridine rings is 1. The predicted molar refractivity (Wildman–Crippen MR) is 168 cm³/mol. The molecule has 204 valence electrons. The van der Waals surface area contributed by atoms with Gasteiger partial charge in [-0.05, 0) is 73.9 Å². The topological polar surface area (TPSA) is 62.7 Å². The lowest BCUT2D eigenvalue weighted by Crippen LogP contribution is -2.09. The standard InChI is InChI=1S/C24H23N5.C4H8.2C2H6.CH4/c1-15-12-19(13-16(2)17(15)3)21-10-11-22-24(28-21)29-23(14-25-22)27-18(4)26-20-8-6-5-7-9-20;1-2-4-3-1;2*1-2;/h5-14,26H,4H2,1-3H3,(H,27,28,29);1-4H2;2*1-2H3;1H4. The van der Waals surface area contributed by atoms with Crippen LogP contribution in [0.1, 0.15) is 77.5 Å². The van der Waals surface area contributed by atoms with E-state index in [0.29, 0.717) is 17.3 Å². The highest BCUT2D eigenvalue weighted by Crippen LogP contribution is 2.25. The van der Waals surface area contributed by atoms with Gasteiger partial charge in [0.15, 0.2) is 11.5 Å². The Morgan fingerprint density at radius 2 is 1.34 bits per heavy atom. The van der Waals surface area contributed by atoms with Gasteiger partial charge in [0.05, 0.1) is 11.9 Å². The molecule has 4 aromatic rings. The van der Waals surface area contributed by atoms with Crippen molar-refractivity contribution in [2.75, 3.05) is 10.6 Å². The molecule has 0 amide bonds. The van der Waals surface area contributed by atoms with Gasteiger partial charge in [-0.25, -0.2) is 15.0 Å². The van der Waals surface area contributed by atoms with Crippen LogP contribution in [0, 0.1) is 20.8 Å². The van der Waals surface area contributed by atoms with Crippen molar-refractivity contribution in [1.82, 2.24) is 15.0 Å². The van der Waals surface area contributed by atoms with Gasteiger partial charge in [0.1, 0.15) is 11.3 Å². The van der Waals surface area contributed by atoms with Crippen molar-refractivity contribution in [3.05, 3.63) is 89.9 Å². The third kappa shape index (κ3) is 9.29. The van der Waals surface area contributed by atoms with Crippen LogP contribution < -0.4 is 10.6 Å². The number of nitrogens with zero attached hydrogens (tertiary/aromatic N) is 3. The molecule has 0 saturated heterocycles. The van der Waals surface area contributed by atoms with Crippen molar-refractivity contribution < 1.29 is 0 Å². The maximum Gasteiger partial charge on any atom is 0.180 e. The minimum Gasteiger partial charge on any atom is -0.342 e. The molecule has 1 aliphatic rings. The molecule has 0 bridgehead atoms. The van der Waals surface area contributed by atoms with E-state index < -0.39 is 0 Å². The maximum absolute atomic E-state index is 4.75. The molecule has 5 heteroatoms. The highest BCUT2D eigenvalue weighted by atomic mass is 15.1. The summed E-state index contributed by atoms with van der Waals surface area (Å²) in [4.78, 5) is 13.8. The zero-order chi connectivity index (χ0) is 27.2. The summed E-state index contributed by atoms with van der Waals surface area (Å²) in [6, 6.07) is 18.1. The summed E-state index contributed by atoms with van der Waals surface area (Å²) in [7, 11) is 0. The largest absolute Gasteiger partial charge is 0.342 e. The lowest BCUT2D eigenvalue weighted by molar-refractivity contribution is 0.504. The molecule has 0 unspecified atom stereocenters. The Morgan fingerprint density at radius 3 is 1.89 bits per heavy atom. The van der Waals surface area contributed by atoms with Crippen LogP contribution >= 0.6 is 0 Å². The highest BCUT2D eigenvalue weighted by Gasteiger charge is 2.08. The van der Waals surface area contributed by atoms with Crippen LogP contribution in [0.25, 0.3) is 22.4 Å². The van der Waals surface area contributed by atoms with Gasteiger partial charge in [-0.1, -0.05) is 85.6 Å². The molecule has 38 heavy (non-hydrogen) atoms. The number of aromatic nitrogens is 3. The Kier molecular flexibility index (Phi) is 14.4. The van der Waals surface area contributed by atoms with Crippen LogP contribution in [0.2, 0.25) is 0 Å². The maximum atomic E-state index is 4.75. The monoisotopic (exact) mass is 513 g/mol. The van der Waals surface area contributed by atoms with Crippen LogP contribution in [-0.2, 0) is 0 Å². The van der Waals surface area contributed by atoms with Gasteiger partial charge < -0.3 is 10.6 Å². The van der Waals surface area contributed by atoms with E-state index in [9.17, 15) is 0 Å². The van der Waals surface area contributed by atoms with Gasteiger partial charge in [-0.3, -0.25) is 0 Å². The van der Waals surface area contributed by atoms with E-state index in [0.717, 1.165) is 22.5 Å². The quantitative estimate of drug-likeness (QED) is 0.278. The Labute approximate surface area is 230 Å². The van der Waals surface area contributed by atoms with Gasteiger partial charge >= 0.3 is 0 Å². The molecule has 2 aromatic heterocycles. The van der Waals surface area contributed by atoms with E-state index in [1.165, 1.54) is 42.4 Å². The second kappa shape index (κ2) is 16.9. The third-order valence-electron chi connectivity index (χ3n) is 5.98. The highest BCUT2D eigenvalue weighted by molar-refractivity contribution is 5.76. The first-order valence-corrected chi connectivity index (χ1v) is 13.5. The van der Waals surface area contributed by atoms with Crippen LogP contribution in [-0.4, -0.2) is 15.0 Å². The van der Waals surface area contributed by atoms with E-state index in [1.54, 1.807) is 6.20 Å². The van der Waals surface area contributed by atoms with Crippen molar-refractivity contribution >= 4 is 22.7 Å². The summed E-state index contributed by atoms with van der Waals surface area (Å²) in [6.45, 7) is 18.4. The van der Waals surface area contributed by atoms with Crippen LogP contribution in [0.5, 0.6) is 0 Å². The predicted octanol–water partition coefficient (Wildman–Crippen LogP) is 9.86. The molecule has 0 atom stereocenters. The molecular weight excluding hydrogens is 466 g/mol. The normalized spacial score (nSPS) is 11.0. The second-order valence-corrected chi connectivity index (χ2v) is 8.54. The SMILES string of the molecule is C.C1CCC1.C=C(Nc1ccccc1)Nc1cnc2ccc(-c3cc(C)c(C)c(C)c3)nc2n1.CC.CC. The third-order valence-corrected chi connectivity index (χ3v) is 5.98. The van der Waals surface area contributed by atoms with Gasteiger partial charge in [0.25, 0.3) is 0 Å². The summed E-state index contributed by atoms with van der Waals surface area (Å²) in [5.41, 5.74) is 8.09. The van der Waals surface area contributed by atoms with E-state index in [2.05, 4.69) is 60.1 Å². The summed E-state index contributed by atoms with van der Waals surface area (Å²) in [5, 5.41) is 6.35. The summed E-state index contributed by atoms with van der Waals surface area (Å²) in [5.74, 6) is 1.21. The Bertz CT molecular complexity index is 1230. The lowest BCUT2D eigenvalue weighted by Gasteiger charge is -2.12. The van der Waals surface area contributed by atoms with E-state index in [-0.39, 0.29) is 7.43 Å². The summed E-state index contributed by atoms with van der Waals surface area (Å²) >= 11 is 0. The van der Waals surface area contributed by atoms with Gasteiger partial charge in [-0.15, -0.1) is 0 Å². The fraction of sp³-hybridized carbons (Fsp3) is 0.364. The van der Waals surface area contributed by atoms with Crippen molar-refractivity contribution in [2.24, 2.45) is 0 Å². The Morgan fingerprint density at radius 1 is 0.763 bits per heavy atom. The first-order valence-electron chi connectivity index (χ1n) is 13.5. The average molecular weight is 514 g/mol. The molecule has 1 saturated carbocycles. The van der Waals surface area contributed by atoms with Gasteiger partial charge in [0, 0.05) is 11.3 Å². The number of nitrogens with one attached hydrogen (secondary N) is 2. The second-order valence-electron chi connectivity index (χ2n) is 8.54. The number of aryl methyl sites for hydroxylation is 2. The van der Waals surface area contributed by atoms with Crippen molar-refractivity contribution in [3.8, 4) is 11.3 Å². The molecule has 5 rings (SSSR count). The molecule has 2 heterocycles. The summed E-state index contributed by atoms with van der Waals surface area (Å²) < 4.78 is 0.